The van der Waals surface area contributed by atoms with Gasteiger partial charge in [-0.05, 0) is 43.2 Å². The zero-order valence-corrected chi connectivity index (χ0v) is 18.7. The third-order valence-electron chi connectivity index (χ3n) is 5.73. The number of anilines is 4. The van der Waals surface area contributed by atoms with Gasteiger partial charge in [-0.2, -0.15) is 0 Å². The van der Waals surface area contributed by atoms with E-state index in [9.17, 15) is 18.4 Å². The molecular weight excluding hydrogens is 456 g/mol. The Bertz CT molecular complexity index is 1250. The highest BCUT2D eigenvalue weighted by Crippen LogP contribution is 2.27. The summed E-state index contributed by atoms with van der Waals surface area (Å²) in [4.78, 5) is 32.7. The van der Waals surface area contributed by atoms with Gasteiger partial charge < -0.3 is 27.4 Å². The molecule has 1 aromatic carbocycles. The molecule has 0 saturated heterocycles. The van der Waals surface area contributed by atoms with Gasteiger partial charge in [0, 0.05) is 17.6 Å². The van der Waals surface area contributed by atoms with Gasteiger partial charge in [-0.15, -0.1) is 0 Å². The SMILES string of the molecule is NC(=O)c1cc(F)c(N[C@@H]2CCCC[C@@H]2N)nc1Nc1cncc(NC(=O)c2cccc(F)c2)c1. The van der Waals surface area contributed by atoms with E-state index in [0.717, 1.165) is 37.8 Å². The van der Waals surface area contributed by atoms with E-state index in [1.54, 1.807) is 0 Å². The van der Waals surface area contributed by atoms with Crippen molar-refractivity contribution in [2.24, 2.45) is 11.5 Å². The Labute approximate surface area is 200 Å². The Morgan fingerprint density at radius 1 is 1.00 bits per heavy atom. The highest BCUT2D eigenvalue weighted by Gasteiger charge is 2.24. The van der Waals surface area contributed by atoms with Gasteiger partial charge in [0.1, 0.15) is 11.6 Å². The minimum absolute atomic E-state index is 0.0150. The van der Waals surface area contributed by atoms with E-state index in [4.69, 9.17) is 11.5 Å². The van der Waals surface area contributed by atoms with E-state index >= 15 is 0 Å². The lowest BCUT2D eigenvalue weighted by Gasteiger charge is -2.30. The second kappa shape index (κ2) is 10.4. The second-order valence-corrected chi connectivity index (χ2v) is 8.33. The molecule has 2 aromatic heterocycles. The molecule has 3 aromatic rings. The number of nitrogens with one attached hydrogen (secondary N) is 3. The van der Waals surface area contributed by atoms with Crippen molar-refractivity contribution >= 4 is 34.8 Å². The number of benzene rings is 1. The van der Waals surface area contributed by atoms with Crippen LogP contribution in [0.25, 0.3) is 0 Å². The van der Waals surface area contributed by atoms with Crippen molar-refractivity contribution in [1.82, 2.24) is 9.97 Å². The van der Waals surface area contributed by atoms with Crippen LogP contribution in [0.3, 0.4) is 0 Å². The van der Waals surface area contributed by atoms with Gasteiger partial charge in [0.15, 0.2) is 11.6 Å². The van der Waals surface area contributed by atoms with Gasteiger partial charge in [0.05, 0.1) is 29.3 Å². The van der Waals surface area contributed by atoms with Crippen LogP contribution < -0.4 is 27.4 Å². The molecule has 182 valence electrons. The minimum atomic E-state index is -0.872. The average molecular weight is 482 g/mol. The minimum Gasteiger partial charge on any atom is -0.365 e. The summed E-state index contributed by atoms with van der Waals surface area (Å²) in [6, 6.07) is 7.50. The van der Waals surface area contributed by atoms with Crippen molar-refractivity contribution in [2.75, 3.05) is 16.0 Å². The van der Waals surface area contributed by atoms with E-state index in [0.29, 0.717) is 11.4 Å². The molecule has 2 amide bonds. The number of nitrogens with two attached hydrogens (primary N) is 2. The summed E-state index contributed by atoms with van der Waals surface area (Å²) >= 11 is 0. The van der Waals surface area contributed by atoms with Crippen molar-refractivity contribution < 1.29 is 18.4 Å². The molecule has 35 heavy (non-hydrogen) atoms. The maximum absolute atomic E-state index is 14.7. The maximum Gasteiger partial charge on any atom is 0.255 e. The molecule has 0 spiro atoms. The van der Waals surface area contributed by atoms with E-state index in [1.807, 2.05) is 0 Å². The van der Waals surface area contributed by atoms with E-state index in [1.165, 1.54) is 36.7 Å². The quantitative estimate of drug-likeness (QED) is 0.347. The number of hydrogen-bond donors (Lipinski definition) is 5. The summed E-state index contributed by atoms with van der Waals surface area (Å²) in [6.45, 7) is 0. The molecule has 2 heterocycles. The molecule has 0 radical (unpaired) electrons. The Balaban J connectivity index is 1.56. The second-order valence-electron chi connectivity index (χ2n) is 8.33. The molecule has 1 aliphatic rings. The van der Waals surface area contributed by atoms with Crippen LogP contribution >= 0.6 is 0 Å². The molecule has 0 bridgehead atoms. The first-order chi connectivity index (χ1) is 16.8. The fourth-order valence-electron chi connectivity index (χ4n) is 3.93. The molecule has 7 N–H and O–H groups in total. The summed E-state index contributed by atoms with van der Waals surface area (Å²) in [5.41, 5.74) is 12.2. The first-order valence-electron chi connectivity index (χ1n) is 11.1. The van der Waals surface area contributed by atoms with Gasteiger partial charge in [-0.3, -0.25) is 14.6 Å². The summed E-state index contributed by atoms with van der Waals surface area (Å²) in [7, 11) is 0. The van der Waals surface area contributed by atoms with Gasteiger partial charge in [-0.1, -0.05) is 18.9 Å². The monoisotopic (exact) mass is 481 g/mol. The third-order valence-corrected chi connectivity index (χ3v) is 5.73. The fraction of sp³-hybridized carbons (Fsp3) is 0.250. The Morgan fingerprint density at radius 3 is 2.51 bits per heavy atom. The Kier molecular flexibility index (Phi) is 7.16. The molecule has 1 fully saturated rings. The lowest BCUT2D eigenvalue weighted by molar-refractivity contribution is 0.0997. The standard InChI is InChI=1S/C24H25F2N7O2/c25-14-5-3-4-13(8-14)24(35)31-16-9-15(11-29-12-16)30-22-17(21(28)34)10-18(26)23(33-22)32-20-7-2-1-6-19(20)27/h3-5,8-12,19-20H,1-2,6-7,27H2,(H2,28,34)(H,31,35)(H2,30,32,33)/t19-,20+/m0/s1. The maximum atomic E-state index is 14.7. The number of carbonyl (C=O) groups is 2. The van der Waals surface area contributed by atoms with Crippen molar-refractivity contribution in [3.63, 3.8) is 0 Å². The summed E-state index contributed by atoms with van der Waals surface area (Å²) in [6.07, 6.45) is 6.41. The molecule has 1 saturated carbocycles. The van der Waals surface area contributed by atoms with Crippen LogP contribution in [0, 0.1) is 11.6 Å². The zero-order chi connectivity index (χ0) is 24.9. The van der Waals surface area contributed by atoms with Gasteiger partial charge >= 0.3 is 0 Å². The molecule has 11 heteroatoms. The lowest BCUT2D eigenvalue weighted by atomic mass is 9.91. The number of carbonyl (C=O) groups excluding carboxylic acids is 2. The van der Waals surface area contributed by atoms with Crippen LogP contribution in [-0.4, -0.2) is 33.9 Å². The number of aromatic nitrogens is 2. The molecule has 1 aliphatic carbocycles. The number of primary amides is 1. The highest BCUT2D eigenvalue weighted by molar-refractivity contribution is 6.04. The first-order valence-corrected chi connectivity index (χ1v) is 11.1. The van der Waals surface area contributed by atoms with Crippen molar-refractivity contribution in [1.29, 1.82) is 0 Å². The van der Waals surface area contributed by atoms with Crippen LogP contribution in [0.4, 0.5) is 31.8 Å². The smallest absolute Gasteiger partial charge is 0.255 e. The van der Waals surface area contributed by atoms with Crippen LogP contribution in [-0.2, 0) is 0 Å². The third kappa shape index (κ3) is 5.87. The van der Waals surface area contributed by atoms with E-state index in [-0.39, 0.29) is 34.8 Å². The topological polar surface area (TPSA) is 148 Å². The van der Waals surface area contributed by atoms with Crippen molar-refractivity contribution in [3.8, 4) is 0 Å². The van der Waals surface area contributed by atoms with Crippen molar-refractivity contribution in [2.45, 2.75) is 37.8 Å². The largest absolute Gasteiger partial charge is 0.365 e. The van der Waals surface area contributed by atoms with Crippen LogP contribution in [0.1, 0.15) is 46.4 Å². The summed E-state index contributed by atoms with van der Waals surface area (Å²) < 4.78 is 28.1. The molecule has 4 rings (SSSR count). The zero-order valence-electron chi connectivity index (χ0n) is 18.7. The predicted octanol–water partition coefficient (Wildman–Crippen LogP) is 3.53. The molecule has 0 unspecified atom stereocenters. The Morgan fingerprint density at radius 2 is 1.77 bits per heavy atom. The normalized spacial score (nSPS) is 17.5. The van der Waals surface area contributed by atoms with Crippen LogP contribution in [0.15, 0.2) is 48.8 Å². The molecule has 2 atom stereocenters. The Hall–Kier alpha value is -4.12. The number of amides is 2. The van der Waals surface area contributed by atoms with Crippen LogP contribution in [0.5, 0.6) is 0 Å². The lowest BCUT2D eigenvalue weighted by Crippen LogP contribution is -2.43. The van der Waals surface area contributed by atoms with E-state index in [2.05, 4.69) is 25.9 Å². The number of halogens is 2. The number of nitrogens with zero attached hydrogens (tertiary/aromatic N) is 2. The van der Waals surface area contributed by atoms with Gasteiger partial charge in [0.25, 0.3) is 11.8 Å². The average Bonchev–Trinajstić information content (AvgIpc) is 2.82. The first kappa shape index (κ1) is 24.0. The highest BCUT2D eigenvalue weighted by atomic mass is 19.1. The number of pyridine rings is 2. The summed E-state index contributed by atoms with van der Waals surface area (Å²) in [5.74, 6) is -2.70. The molecular formula is C24H25F2N7O2. The van der Waals surface area contributed by atoms with Gasteiger partial charge in [0.2, 0.25) is 0 Å². The predicted molar refractivity (Wildman–Crippen MR) is 128 cm³/mol. The summed E-state index contributed by atoms with van der Waals surface area (Å²) in [5, 5.41) is 8.58. The van der Waals surface area contributed by atoms with Crippen molar-refractivity contribution in [3.05, 3.63) is 71.6 Å². The number of rotatable bonds is 7. The molecule has 9 nitrogen and oxygen atoms in total. The van der Waals surface area contributed by atoms with E-state index < -0.39 is 23.4 Å². The number of hydrogen-bond acceptors (Lipinski definition) is 7. The van der Waals surface area contributed by atoms with Gasteiger partial charge in [-0.25, -0.2) is 13.8 Å². The molecule has 0 aliphatic heterocycles. The van der Waals surface area contributed by atoms with Crippen LogP contribution in [0.2, 0.25) is 0 Å². The fourth-order valence-corrected chi connectivity index (χ4v) is 3.93.